The van der Waals surface area contributed by atoms with E-state index in [-0.39, 0.29) is 28.9 Å². The Morgan fingerprint density at radius 2 is 0.868 bits per heavy atom. The molecule has 5 aromatic carbocycles. The highest BCUT2D eigenvalue weighted by Gasteiger charge is 2.49. The Morgan fingerprint density at radius 1 is 0.472 bits per heavy atom. The Morgan fingerprint density at radius 3 is 1.26 bits per heavy atom. The van der Waals surface area contributed by atoms with E-state index in [1.54, 1.807) is 0 Å². The number of aliphatic imine (C=N–C) groups is 2. The van der Waals surface area contributed by atoms with Crippen LogP contribution < -0.4 is 35.7 Å². The van der Waals surface area contributed by atoms with E-state index in [0.717, 1.165) is 84.7 Å². The van der Waals surface area contributed by atoms with E-state index in [4.69, 9.17) is 19.5 Å². The summed E-state index contributed by atoms with van der Waals surface area (Å²) in [6, 6.07) is 37.1. The van der Waals surface area contributed by atoms with Gasteiger partial charge >= 0.3 is 0 Å². The van der Waals surface area contributed by atoms with Crippen LogP contribution in [0, 0.1) is 0 Å². The molecule has 0 amide bonds. The lowest BCUT2D eigenvalue weighted by Gasteiger charge is -2.41. The molecule has 0 atom stereocenters. The molecule has 53 heavy (non-hydrogen) atoms. The Labute approximate surface area is 314 Å². The smallest absolute Gasteiger partial charge is 0.260 e. The second-order valence-corrected chi connectivity index (χ2v) is 17.1. The van der Waals surface area contributed by atoms with Crippen LogP contribution in [0.1, 0.15) is 69.2 Å². The van der Waals surface area contributed by atoms with Crippen LogP contribution in [0.15, 0.2) is 113 Å². The van der Waals surface area contributed by atoms with Crippen molar-refractivity contribution in [1.29, 1.82) is 0 Å². The number of benzene rings is 5. The van der Waals surface area contributed by atoms with Gasteiger partial charge in [0.15, 0.2) is 0 Å². The fraction of sp³-hybridized carbons (Fsp3) is 0.304. The molecule has 0 saturated carbocycles. The first-order valence-electron chi connectivity index (χ1n) is 18.8. The summed E-state index contributed by atoms with van der Waals surface area (Å²) in [5, 5.41) is 0. The molecule has 0 fully saturated rings. The van der Waals surface area contributed by atoms with Gasteiger partial charge in [0.1, 0.15) is 34.7 Å². The minimum atomic E-state index is -0.202. The molecule has 0 radical (unpaired) electrons. The van der Waals surface area contributed by atoms with Gasteiger partial charge in [-0.25, -0.2) is 0 Å². The molecule has 0 N–H and O–H groups in total. The number of rotatable bonds is 4. The molecule has 266 valence electrons. The second-order valence-electron chi connectivity index (χ2n) is 17.1. The largest absolute Gasteiger partial charge is 0.458 e. The van der Waals surface area contributed by atoms with E-state index in [1.807, 2.05) is 6.07 Å². The molecule has 7 heteroatoms. The van der Waals surface area contributed by atoms with E-state index >= 15 is 0 Å². The summed E-state index contributed by atoms with van der Waals surface area (Å²) in [7, 11) is 0. The summed E-state index contributed by atoms with van der Waals surface area (Å²) in [5.74, 6) is 5.51. The van der Waals surface area contributed by atoms with Crippen LogP contribution in [0.4, 0.5) is 11.4 Å². The van der Waals surface area contributed by atoms with E-state index in [9.17, 15) is 0 Å². The lowest BCUT2D eigenvalue weighted by atomic mass is 9.34. The molecular weight excluding hydrogens is 651 g/mol. The molecule has 0 spiro atoms. The van der Waals surface area contributed by atoms with Crippen LogP contribution in [-0.2, 0) is 0 Å². The third-order valence-corrected chi connectivity index (χ3v) is 12.9. The Kier molecular flexibility index (Phi) is 7.03. The van der Waals surface area contributed by atoms with Gasteiger partial charge in [-0.15, -0.1) is 0 Å². The SMILES string of the molecule is CC1=NC(C)(C)C(C)(C)N1c1cccc(-c2ccc3c(c2)B2c4cc(-c5cccc(N6C(C)=NC(C)(C)C6(C)C)c5)ccc4Oc4cccc(c42)O3)c1. The lowest BCUT2D eigenvalue weighted by molar-refractivity contribution is 0.338. The van der Waals surface area contributed by atoms with Gasteiger partial charge in [0.2, 0.25) is 0 Å². The standard InChI is InChI=1S/C46H47BN4O2/c1-28-48-43(3,4)45(7,8)50(28)34-16-11-14-30(24-34)32-20-22-38-36(26-32)47-37-27-33(21-23-39(37)53-41-19-13-18-40(52-38)42(41)47)31-15-12-17-35(25-31)51-29(2)49-44(5,6)46(51,9)10/h11-27H,1-10H3. The molecule has 4 aliphatic heterocycles. The molecular formula is C46H47BN4O2. The Hall–Kier alpha value is -5.30. The summed E-state index contributed by atoms with van der Waals surface area (Å²) in [4.78, 5) is 14.9. The van der Waals surface area contributed by atoms with Gasteiger partial charge in [0, 0.05) is 16.8 Å². The van der Waals surface area contributed by atoms with Crippen molar-refractivity contribution in [3.63, 3.8) is 0 Å². The van der Waals surface area contributed by atoms with Crippen molar-refractivity contribution in [3.8, 4) is 45.3 Å². The summed E-state index contributed by atoms with van der Waals surface area (Å²) in [5.41, 5.74) is 9.49. The van der Waals surface area contributed by atoms with Crippen molar-refractivity contribution < 1.29 is 9.47 Å². The van der Waals surface area contributed by atoms with Crippen molar-refractivity contribution in [2.75, 3.05) is 9.80 Å². The number of hydrogen-bond acceptors (Lipinski definition) is 6. The zero-order valence-electron chi connectivity index (χ0n) is 32.5. The van der Waals surface area contributed by atoms with Crippen LogP contribution in [-0.4, -0.2) is 40.5 Å². The molecule has 4 heterocycles. The first kappa shape index (κ1) is 33.5. The van der Waals surface area contributed by atoms with Crippen molar-refractivity contribution in [2.45, 2.75) is 91.4 Å². The average Bonchev–Trinajstić information content (AvgIpc) is 3.38. The molecule has 9 rings (SSSR count). The van der Waals surface area contributed by atoms with Gasteiger partial charge < -0.3 is 19.3 Å². The molecule has 6 nitrogen and oxygen atoms in total. The van der Waals surface area contributed by atoms with Crippen LogP contribution in [0.5, 0.6) is 23.0 Å². The number of fused-ring (bicyclic) bond motifs is 4. The Balaban J connectivity index is 1.14. The number of nitrogens with zero attached hydrogens (tertiary/aromatic N) is 4. The van der Waals surface area contributed by atoms with Gasteiger partial charge in [0.25, 0.3) is 6.71 Å². The van der Waals surface area contributed by atoms with Gasteiger partial charge in [-0.05, 0) is 151 Å². The highest BCUT2D eigenvalue weighted by atomic mass is 16.5. The lowest BCUT2D eigenvalue weighted by Crippen LogP contribution is -2.57. The normalized spacial score (nSPS) is 19.4. The van der Waals surface area contributed by atoms with Crippen LogP contribution >= 0.6 is 0 Å². The van der Waals surface area contributed by atoms with Crippen molar-refractivity contribution in [2.24, 2.45) is 9.98 Å². The van der Waals surface area contributed by atoms with Crippen molar-refractivity contribution >= 4 is 46.1 Å². The third kappa shape index (κ3) is 4.85. The van der Waals surface area contributed by atoms with E-state index < -0.39 is 0 Å². The molecule has 0 unspecified atom stereocenters. The van der Waals surface area contributed by atoms with E-state index in [1.165, 1.54) is 0 Å². The zero-order valence-corrected chi connectivity index (χ0v) is 32.5. The van der Waals surface area contributed by atoms with E-state index in [0.29, 0.717) is 0 Å². The minimum Gasteiger partial charge on any atom is -0.458 e. The fourth-order valence-corrected chi connectivity index (χ4v) is 9.00. The highest BCUT2D eigenvalue weighted by molar-refractivity contribution is 6.98. The maximum Gasteiger partial charge on any atom is 0.260 e. The summed E-state index contributed by atoms with van der Waals surface area (Å²) < 4.78 is 13.2. The van der Waals surface area contributed by atoms with Gasteiger partial charge in [-0.3, -0.25) is 9.98 Å². The van der Waals surface area contributed by atoms with Gasteiger partial charge in [0.05, 0.1) is 22.2 Å². The molecule has 0 aromatic heterocycles. The Bertz CT molecular complexity index is 2260. The summed E-state index contributed by atoms with van der Waals surface area (Å²) >= 11 is 0. The first-order chi connectivity index (χ1) is 25.1. The topological polar surface area (TPSA) is 49.7 Å². The summed E-state index contributed by atoms with van der Waals surface area (Å²) in [6.07, 6.45) is 0. The van der Waals surface area contributed by atoms with Crippen LogP contribution in [0.3, 0.4) is 0 Å². The third-order valence-electron chi connectivity index (χ3n) is 12.9. The summed E-state index contributed by atoms with van der Waals surface area (Å²) in [6.45, 7) is 22.2. The minimum absolute atomic E-state index is 0.0552. The average molecular weight is 699 g/mol. The van der Waals surface area contributed by atoms with Crippen molar-refractivity contribution in [3.05, 3.63) is 103 Å². The quantitative estimate of drug-likeness (QED) is 0.172. The highest BCUT2D eigenvalue weighted by Crippen LogP contribution is 2.44. The fourth-order valence-electron chi connectivity index (χ4n) is 9.00. The molecule has 4 aliphatic rings. The van der Waals surface area contributed by atoms with Gasteiger partial charge in [-0.1, -0.05) is 54.6 Å². The predicted molar refractivity (Wildman–Crippen MR) is 222 cm³/mol. The van der Waals surface area contributed by atoms with E-state index in [2.05, 4.69) is 176 Å². The van der Waals surface area contributed by atoms with Crippen molar-refractivity contribution in [1.82, 2.24) is 0 Å². The molecule has 0 saturated heterocycles. The van der Waals surface area contributed by atoms with Crippen LogP contribution in [0.25, 0.3) is 22.3 Å². The number of ether oxygens (including phenoxy) is 2. The monoisotopic (exact) mass is 698 g/mol. The maximum atomic E-state index is 6.61. The maximum absolute atomic E-state index is 6.61. The number of anilines is 2. The first-order valence-corrected chi connectivity index (χ1v) is 18.8. The predicted octanol–water partition coefficient (Wildman–Crippen LogP) is 9.34. The second kappa shape index (κ2) is 11.1. The van der Waals surface area contributed by atoms with Gasteiger partial charge in [-0.2, -0.15) is 0 Å². The molecule has 5 aromatic rings. The number of amidine groups is 2. The molecule has 0 aliphatic carbocycles. The molecule has 0 bridgehead atoms. The zero-order chi connectivity index (χ0) is 37.2. The number of hydrogen-bond donors (Lipinski definition) is 0. The van der Waals surface area contributed by atoms with Crippen LogP contribution in [0.2, 0.25) is 0 Å².